The standard InChI is InChI=1S/C11H20NO3PS/c1-5-14-16(13,15-6-2)7-11-12-10(8-17-11)9(3)4/h8-9H,5-7H2,1-4H3. The molecule has 1 rings (SSSR count). The van der Waals surface area contributed by atoms with E-state index in [9.17, 15) is 4.57 Å². The van der Waals surface area contributed by atoms with E-state index in [4.69, 9.17) is 9.05 Å². The number of aromatic nitrogens is 1. The molecule has 0 N–H and O–H groups in total. The Hall–Kier alpha value is -0.220. The van der Waals surface area contributed by atoms with Crippen molar-refractivity contribution in [1.82, 2.24) is 4.98 Å². The third kappa shape index (κ3) is 4.51. The molecule has 0 aliphatic rings. The van der Waals surface area contributed by atoms with Crippen LogP contribution in [-0.2, 0) is 19.8 Å². The maximum atomic E-state index is 12.3. The van der Waals surface area contributed by atoms with Gasteiger partial charge in [-0.1, -0.05) is 13.8 Å². The van der Waals surface area contributed by atoms with Crippen molar-refractivity contribution < 1.29 is 13.6 Å². The molecular formula is C11H20NO3PS. The highest BCUT2D eigenvalue weighted by Gasteiger charge is 2.25. The molecule has 4 nitrogen and oxygen atoms in total. The van der Waals surface area contributed by atoms with Gasteiger partial charge in [-0.15, -0.1) is 11.3 Å². The zero-order valence-electron chi connectivity index (χ0n) is 10.8. The van der Waals surface area contributed by atoms with Gasteiger partial charge in [-0.2, -0.15) is 0 Å². The summed E-state index contributed by atoms with van der Waals surface area (Å²) in [6.07, 6.45) is 0.270. The molecule has 0 saturated carbocycles. The molecule has 0 aromatic carbocycles. The fourth-order valence-electron chi connectivity index (χ4n) is 1.35. The van der Waals surface area contributed by atoms with Gasteiger partial charge in [-0.05, 0) is 19.8 Å². The van der Waals surface area contributed by atoms with Crippen molar-refractivity contribution in [2.24, 2.45) is 0 Å². The molecule has 0 amide bonds. The zero-order chi connectivity index (χ0) is 12.9. The van der Waals surface area contributed by atoms with Gasteiger partial charge in [0.2, 0.25) is 0 Å². The Bertz CT molecular complexity index is 382. The predicted octanol–water partition coefficient (Wildman–Crippen LogP) is 4.03. The Morgan fingerprint density at radius 3 is 2.35 bits per heavy atom. The van der Waals surface area contributed by atoms with Crippen LogP contribution < -0.4 is 0 Å². The van der Waals surface area contributed by atoms with Gasteiger partial charge in [0.05, 0.1) is 18.9 Å². The van der Waals surface area contributed by atoms with Crippen molar-refractivity contribution >= 4 is 18.9 Å². The number of hydrogen-bond donors (Lipinski definition) is 0. The first-order valence-corrected chi connectivity index (χ1v) is 8.44. The number of thiazole rings is 1. The van der Waals surface area contributed by atoms with Crippen molar-refractivity contribution in [3.63, 3.8) is 0 Å². The molecule has 17 heavy (non-hydrogen) atoms. The Morgan fingerprint density at radius 2 is 1.94 bits per heavy atom. The van der Waals surface area contributed by atoms with E-state index < -0.39 is 7.60 Å². The molecule has 98 valence electrons. The summed E-state index contributed by atoms with van der Waals surface area (Å²) in [4.78, 5) is 4.45. The highest BCUT2D eigenvalue weighted by atomic mass is 32.1. The van der Waals surface area contributed by atoms with E-state index in [0.29, 0.717) is 19.1 Å². The molecule has 0 aliphatic heterocycles. The van der Waals surface area contributed by atoms with Crippen molar-refractivity contribution in [2.75, 3.05) is 13.2 Å². The molecule has 6 heteroatoms. The first-order valence-electron chi connectivity index (χ1n) is 5.83. The summed E-state index contributed by atoms with van der Waals surface area (Å²) < 4.78 is 22.8. The minimum absolute atomic E-state index is 0.270. The van der Waals surface area contributed by atoms with E-state index in [1.54, 1.807) is 0 Å². The molecular weight excluding hydrogens is 257 g/mol. The summed E-state index contributed by atoms with van der Waals surface area (Å²) in [5.41, 5.74) is 1.03. The van der Waals surface area contributed by atoms with Crippen LogP contribution >= 0.6 is 18.9 Å². The third-order valence-corrected chi connectivity index (χ3v) is 5.21. The van der Waals surface area contributed by atoms with Gasteiger partial charge >= 0.3 is 7.60 Å². The molecule has 1 aromatic heterocycles. The van der Waals surface area contributed by atoms with Crippen LogP contribution in [0.1, 0.15) is 44.3 Å². The first kappa shape index (κ1) is 14.8. The minimum atomic E-state index is -3.01. The summed E-state index contributed by atoms with van der Waals surface area (Å²) in [6.45, 7) is 8.58. The third-order valence-electron chi connectivity index (χ3n) is 2.14. The van der Waals surface area contributed by atoms with E-state index in [0.717, 1.165) is 10.7 Å². The molecule has 0 bridgehead atoms. The lowest BCUT2D eigenvalue weighted by Crippen LogP contribution is -1.99. The number of nitrogens with zero attached hydrogens (tertiary/aromatic N) is 1. The van der Waals surface area contributed by atoms with E-state index in [-0.39, 0.29) is 6.16 Å². The fraction of sp³-hybridized carbons (Fsp3) is 0.727. The van der Waals surface area contributed by atoms with Crippen LogP contribution in [0.25, 0.3) is 0 Å². The van der Waals surface area contributed by atoms with Crippen molar-refractivity contribution in [3.8, 4) is 0 Å². The average Bonchev–Trinajstić information content (AvgIpc) is 2.66. The normalized spacial score (nSPS) is 12.3. The van der Waals surface area contributed by atoms with Crippen molar-refractivity contribution in [3.05, 3.63) is 16.1 Å². The van der Waals surface area contributed by atoms with Gasteiger partial charge < -0.3 is 9.05 Å². The Labute approximate surface area is 107 Å². The second-order valence-electron chi connectivity index (χ2n) is 3.93. The molecule has 0 aliphatic carbocycles. The summed E-state index contributed by atoms with van der Waals surface area (Å²) >= 11 is 1.51. The van der Waals surface area contributed by atoms with Gasteiger partial charge in [-0.25, -0.2) is 4.98 Å². The number of rotatable bonds is 7. The van der Waals surface area contributed by atoms with Gasteiger partial charge in [0.1, 0.15) is 11.2 Å². The lowest BCUT2D eigenvalue weighted by atomic mass is 10.2. The lowest BCUT2D eigenvalue weighted by molar-refractivity contribution is 0.219. The molecule has 1 aromatic rings. The molecule has 0 fully saturated rings. The van der Waals surface area contributed by atoms with Crippen molar-refractivity contribution in [2.45, 2.75) is 39.8 Å². The van der Waals surface area contributed by atoms with Gasteiger partial charge in [0.15, 0.2) is 0 Å². The first-order chi connectivity index (χ1) is 8.00. The molecule has 0 spiro atoms. The lowest BCUT2D eigenvalue weighted by Gasteiger charge is -2.15. The molecule has 0 radical (unpaired) electrons. The summed E-state index contributed by atoms with van der Waals surface area (Å²) in [5.74, 6) is 0.388. The highest BCUT2D eigenvalue weighted by molar-refractivity contribution is 7.53. The van der Waals surface area contributed by atoms with E-state index in [1.165, 1.54) is 11.3 Å². The predicted molar refractivity (Wildman–Crippen MR) is 70.8 cm³/mol. The minimum Gasteiger partial charge on any atom is -0.309 e. The molecule has 0 atom stereocenters. The van der Waals surface area contributed by atoms with Crippen LogP contribution in [0.5, 0.6) is 0 Å². The molecule has 0 saturated heterocycles. The second-order valence-corrected chi connectivity index (χ2v) is 6.92. The zero-order valence-corrected chi connectivity index (χ0v) is 12.5. The van der Waals surface area contributed by atoms with E-state index in [2.05, 4.69) is 18.8 Å². The maximum Gasteiger partial charge on any atom is 0.337 e. The largest absolute Gasteiger partial charge is 0.337 e. The maximum absolute atomic E-state index is 12.3. The Kier molecular flexibility index (Phi) is 5.80. The molecule has 1 heterocycles. The van der Waals surface area contributed by atoms with Crippen molar-refractivity contribution in [1.29, 1.82) is 0 Å². The van der Waals surface area contributed by atoms with Crippen LogP contribution in [0, 0.1) is 0 Å². The highest BCUT2D eigenvalue weighted by Crippen LogP contribution is 2.51. The van der Waals surface area contributed by atoms with Gasteiger partial charge in [0, 0.05) is 5.38 Å². The number of hydrogen-bond acceptors (Lipinski definition) is 5. The van der Waals surface area contributed by atoms with Crippen LogP contribution in [0.4, 0.5) is 0 Å². The summed E-state index contributed by atoms with van der Waals surface area (Å²) in [5, 5.41) is 2.82. The SMILES string of the molecule is CCOP(=O)(Cc1nc(C(C)C)cs1)OCC. The average molecular weight is 277 g/mol. The quantitative estimate of drug-likeness (QED) is 0.706. The smallest absolute Gasteiger partial charge is 0.309 e. The van der Waals surface area contributed by atoms with Gasteiger partial charge in [-0.3, -0.25) is 4.57 Å². The Balaban J connectivity index is 2.75. The van der Waals surface area contributed by atoms with Gasteiger partial charge in [0.25, 0.3) is 0 Å². The van der Waals surface area contributed by atoms with Crippen LogP contribution in [-0.4, -0.2) is 18.2 Å². The monoisotopic (exact) mass is 277 g/mol. The fourth-order valence-corrected chi connectivity index (χ4v) is 4.31. The topological polar surface area (TPSA) is 48.4 Å². The van der Waals surface area contributed by atoms with Crippen LogP contribution in [0.2, 0.25) is 0 Å². The summed E-state index contributed by atoms with van der Waals surface area (Å²) in [7, 11) is -3.01. The Morgan fingerprint density at radius 1 is 1.35 bits per heavy atom. The second kappa shape index (κ2) is 6.64. The molecule has 0 unspecified atom stereocenters. The van der Waals surface area contributed by atoms with Crippen LogP contribution in [0.15, 0.2) is 5.38 Å². The summed E-state index contributed by atoms with van der Waals surface area (Å²) in [6, 6.07) is 0. The van der Waals surface area contributed by atoms with Crippen LogP contribution in [0.3, 0.4) is 0 Å². The van der Waals surface area contributed by atoms with E-state index >= 15 is 0 Å². The van der Waals surface area contributed by atoms with E-state index in [1.807, 2.05) is 19.2 Å².